The molecule has 13 aromatic rings. The van der Waals surface area contributed by atoms with E-state index < -0.39 is 0 Å². The molecule has 13 rings (SSSR count). The number of para-hydroxylation sites is 1. The molecule has 1 heterocycles. The van der Waals surface area contributed by atoms with E-state index in [2.05, 4.69) is 276 Å². The van der Waals surface area contributed by atoms with E-state index in [1.165, 1.54) is 87.6 Å². The van der Waals surface area contributed by atoms with Crippen molar-refractivity contribution in [2.45, 2.75) is 0 Å². The van der Waals surface area contributed by atoms with Crippen LogP contribution in [0.3, 0.4) is 0 Å². The smallest absolute Gasteiger partial charge is 0.0561 e. The Labute approximate surface area is 395 Å². The summed E-state index contributed by atoms with van der Waals surface area (Å²) >= 11 is 0. The van der Waals surface area contributed by atoms with Gasteiger partial charge in [0.05, 0.1) is 11.0 Å². The minimum Gasteiger partial charge on any atom is -0.310 e. The predicted molar refractivity (Wildman–Crippen MR) is 290 cm³/mol. The average Bonchev–Trinajstić information content (AvgIpc) is 3.75. The minimum absolute atomic E-state index is 1.08. The zero-order chi connectivity index (χ0) is 45.0. The van der Waals surface area contributed by atoms with Gasteiger partial charge in [-0.1, -0.05) is 206 Å². The van der Waals surface area contributed by atoms with E-state index in [9.17, 15) is 0 Å². The van der Waals surface area contributed by atoms with Crippen molar-refractivity contribution < 1.29 is 0 Å². The van der Waals surface area contributed by atoms with Crippen molar-refractivity contribution in [3.63, 3.8) is 0 Å². The standard InChI is InChI=1S/C66H44N2/c1-4-17-45(18-5-1)51-25-16-26-54(41-51)67(56-38-40-60-59-28-14-15-30-63(59)68(64(60)44-56)55-37-33-46-19-10-11-24-50(46)42-55)53-35-31-47(32-36-53)52-34-39-58-57-27-12-13-29-61(57)65(48-20-6-2-7-21-48)66(62(58)43-52)49-22-8-3-9-23-49/h1-44H. The van der Waals surface area contributed by atoms with Crippen molar-refractivity contribution in [2.24, 2.45) is 0 Å². The van der Waals surface area contributed by atoms with Gasteiger partial charge in [0.25, 0.3) is 0 Å². The molecule has 0 spiro atoms. The van der Waals surface area contributed by atoms with Crippen LogP contribution in [0.15, 0.2) is 267 Å². The normalized spacial score (nSPS) is 11.5. The monoisotopic (exact) mass is 864 g/mol. The summed E-state index contributed by atoms with van der Waals surface area (Å²) in [4.78, 5) is 2.41. The van der Waals surface area contributed by atoms with Crippen LogP contribution in [0, 0.1) is 0 Å². The van der Waals surface area contributed by atoms with Gasteiger partial charge in [-0.2, -0.15) is 0 Å². The van der Waals surface area contributed by atoms with Crippen molar-refractivity contribution >= 4 is 71.2 Å². The highest BCUT2D eigenvalue weighted by Gasteiger charge is 2.21. The Morgan fingerprint density at radius 3 is 1.49 bits per heavy atom. The van der Waals surface area contributed by atoms with Crippen LogP contribution in [0.4, 0.5) is 17.1 Å². The quantitative estimate of drug-likeness (QED) is 0.138. The lowest BCUT2D eigenvalue weighted by Crippen LogP contribution is -2.10. The van der Waals surface area contributed by atoms with Crippen LogP contribution in [-0.2, 0) is 0 Å². The molecule has 0 saturated carbocycles. The van der Waals surface area contributed by atoms with Crippen LogP contribution < -0.4 is 4.90 Å². The topological polar surface area (TPSA) is 8.17 Å². The number of benzene rings is 12. The first-order chi connectivity index (χ1) is 33.7. The number of aromatic nitrogens is 1. The SMILES string of the molecule is c1ccc(-c2cccc(N(c3ccc(-c4ccc5c(c4)c(-c4ccccc4)c(-c4ccccc4)c4ccccc45)cc3)c3ccc4c5ccccc5n(-c5ccc6ccccc6c5)c4c3)c2)cc1. The molecule has 68 heavy (non-hydrogen) atoms. The lowest BCUT2D eigenvalue weighted by atomic mass is 9.84. The van der Waals surface area contributed by atoms with E-state index in [0.717, 1.165) is 33.8 Å². The third-order valence-corrected chi connectivity index (χ3v) is 13.7. The van der Waals surface area contributed by atoms with Gasteiger partial charge >= 0.3 is 0 Å². The maximum Gasteiger partial charge on any atom is 0.0561 e. The first kappa shape index (κ1) is 39.4. The molecule has 0 fully saturated rings. The number of nitrogens with zero attached hydrogens (tertiary/aromatic N) is 2. The molecule has 0 saturated heterocycles. The summed E-state index contributed by atoms with van der Waals surface area (Å²) in [6.45, 7) is 0. The second-order valence-corrected chi connectivity index (χ2v) is 17.7. The second kappa shape index (κ2) is 16.5. The molecule has 0 amide bonds. The highest BCUT2D eigenvalue weighted by molar-refractivity contribution is 6.22. The molecule has 0 atom stereocenters. The van der Waals surface area contributed by atoms with Crippen molar-refractivity contribution in [3.8, 4) is 50.2 Å². The number of hydrogen-bond acceptors (Lipinski definition) is 1. The van der Waals surface area contributed by atoms with Crippen LogP contribution in [0.25, 0.3) is 104 Å². The van der Waals surface area contributed by atoms with Crippen molar-refractivity contribution in [2.75, 3.05) is 4.90 Å². The Hall–Kier alpha value is -8.98. The van der Waals surface area contributed by atoms with Crippen LogP contribution in [0.2, 0.25) is 0 Å². The number of rotatable bonds is 8. The highest BCUT2D eigenvalue weighted by Crippen LogP contribution is 2.46. The van der Waals surface area contributed by atoms with Crippen LogP contribution >= 0.6 is 0 Å². The van der Waals surface area contributed by atoms with E-state index in [4.69, 9.17) is 0 Å². The molecule has 0 bridgehead atoms. The fraction of sp³-hybridized carbons (Fsp3) is 0. The van der Waals surface area contributed by atoms with E-state index in [0.29, 0.717) is 0 Å². The summed E-state index contributed by atoms with van der Waals surface area (Å²) in [7, 11) is 0. The fourth-order valence-electron chi connectivity index (χ4n) is 10.6. The largest absolute Gasteiger partial charge is 0.310 e. The van der Waals surface area contributed by atoms with Gasteiger partial charge in [0.15, 0.2) is 0 Å². The first-order valence-corrected chi connectivity index (χ1v) is 23.4. The van der Waals surface area contributed by atoms with Gasteiger partial charge in [0.2, 0.25) is 0 Å². The van der Waals surface area contributed by atoms with E-state index in [1.54, 1.807) is 0 Å². The van der Waals surface area contributed by atoms with Crippen LogP contribution in [0.5, 0.6) is 0 Å². The van der Waals surface area contributed by atoms with Gasteiger partial charge < -0.3 is 9.47 Å². The molecule has 0 unspecified atom stereocenters. The molecule has 0 aliphatic rings. The molecular weight excluding hydrogens is 821 g/mol. The van der Waals surface area contributed by atoms with E-state index in [-0.39, 0.29) is 0 Å². The van der Waals surface area contributed by atoms with Crippen molar-refractivity contribution in [1.82, 2.24) is 4.57 Å². The Kier molecular flexibility index (Phi) is 9.54. The molecule has 12 aromatic carbocycles. The fourth-order valence-corrected chi connectivity index (χ4v) is 10.6. The van der Waals surface area contributed by atoms with Crippen LogP contribution in [-0.4, -0.2) is 4.57 Å². The molecule has 0 aliphatic carbocycles. The first-order valence-electron chi connectivity index (χ1n) is 23.4. The number of hydrogen-bond donors (Lipinski definition) is 0. The third kappa shape index (κ3) is 6.73. The second-order valence-electron chi connectivity index (χ2n) is 17.7. The van der Waals surface area contributed by atoms with E-state index >= 15 is 0 Å². The number of fused-ring (bicyclic) bond motifs is 7. The van der Waals surface area contributed by atoms with Gasteiger partial charge in [-0.3, -0.25) is 0 Å². The molecular formula is C66H44N2. The molecule has 0 aliphatic heterocycles. The zero-order valence-electron chi connectivity index (χ0n) is 37.3. The zero-order valence-corrected chi connectivity index (χ0v) is 37.3. The molecule has 0 radical (unpaired) electrons. The Morgan fingerprint density at radius 1 is 0.235 bits per heavy atom. The van der Waals surface area contributed by atoms with E-state index in [1.807, 2.05) is 0 Å². The summed E-state index contributed by atoms with van der Waals surface area (Å²) in [6, 6.07) is 97.5. The van der Waals surface area contributed by atoms with Gasteiger partial charge in [-0.15, -0.1) is 0 Å². The summed E-state index contributed by atoms with van der Waals surface area (Å²) in [5, 5.41) is 9.92. The lowest BCUT2D eigenvalue weighted by Gasteiger charge is -2.26. The third-order valence-electron chi connectivity index (χ3n) is 13.7. The molecule has 0 N–H and O–H groups in total. The maximum atomic E-state index is 2.43. The van der Waals surface area contributed by atoms with Gasteiger partial charge in [0, 0.05) is 33.5 Å². The lowest BCUT2D eigenvalue weighted by molar-refractivity contribution is 1.18. The predicted octanol–water partition coefficient (Wildman–Crippen LogP) is 18.4. The minimum atomic E-state index is 1.08. The number of anilines is 3. The maximum absolute atomic E-state index is 2.43. The Morgan fingerprint density at radius 2 is 0.735 bits per heavy atom. The summed E-state index contributed by atoms with van der Waals surface area (Å²) in [5.74, 6) is 0. The molecule has 318 valence electrons. The highest BCUT2D eigenvalue weighted by atomic mass is 15.1. The Balaban J connectivity index is 0.986. The Bertz CT molecular complexity index is 4000. The molecule has 1 aromatic heterocycles. The van der Waals surface area contributed by atoms with Gasteiger partial charge in [-0.05, 0) is 137 Å². The van der Waals surface area contributed by atoms with Crippen molar-refractivity contribution in [3.05, 3.63) is 267 Å². The van der Waals surface area contributed by atoms with Crippen LogP contribution in [0.1, 0.15) is 0 Å². The average molecular weight is 865 g/mol. The van der Waals surface area contributed by atoms with Gasteiger partial charge in [-0.25, -0.2) is 0 Å². The van der Waals surface area contributed by atoms with Crippen molar-refractivity contribution in [1.29, 1.82) is 0 Å². The summed E-state index contributed by atoms with van der Waals surface area (Å²) < 4.78 is 2.43. The molecule has 2 heteroatoms. The molecule has 2 nitrogen and oxygen atoms in total. The summed E-state index contributed by atoms with van der Waals surface area (Å²) in [6.07, 6.45) is 0. The van der Waals surface area contributed by atoms with Gasteiger partial charge in [0.1, 0.15) is 0 Å². The summed E-state index contributed by atoms with van der Waals surface area (Å²) in [5.41, 5.74) is 16.4.